The first-order chi connectivity index (χ1) is 8.76. The van der Waals surface area contributed by atoms with Gasteiger partial charge in [0.05, 0.1) is 12.2 Å². The van der Waals surface area contributed by atoms with Crippen LogP contribution in [0.5, 0.6) is 0 Å². The van der Waals surface area contributed by atoms with Gasteiger partial charge in [0.25, 0.3) is 0 Å². The van der Waals surface area contributed by atoms with Crippen LogP contribution in [0.25, 0.3) is 0 Å². The van der Waals surface area contributed by atoms with Crippen LogP contribution in [0.1, 0.15) is 24.5 Å². The van der Waals surface area contributed by atoms with Crippen molar-refractivity contribution >= 4 is 0 Å². The topological polar surface area (TPSA) is 43.4 Å². The molecule has 2 rings (SSSR count). The molecular formula is C14H22N2O2. The van der Waals surface area contributed by atoms with Crippen molar-refractivity contribution in [2.75, 3.05) is 13.7 Å². The number of aryl methyl sites for hydroxylation is 1. The summed E-state index contributed by atoms with van der Waals surface area (Å²) in [6.07, 6.45) is 5.18. The van der Waals surface area contributed by atoms with E-state index in [9.17, 15) is 0 Å². The van der Waals surface area contributed by atoms with E-state index in [1.165, 1.54) is 11.1 Å². The van der Waals surface area contributed by atoms with Crippen molar-refractivity contribution in [2.24, 2.45) is 0 Å². The van der Waals surface area contributed by atoms with Crippen molar-refractivity contribution in [3.8, 4) is 0 Å². The average molecular weight is 250 g/mol. The number of pyridine rings is 1. The molecule has 1 aromatic rings. The summed E-state index contributed by atoms with van der Waals surface area (Å²) in [5.74, 6) is 0. The highest BCUT2D eigenvalue weighted by Crippen LogP contribution is 2.27. The van der Waals surface area contributed by atoms with Gasteiger partial charge >= 0.3 is 0 Å². The summed E-state index contributed by atoms with van der Waals surface area (Å²) in [5.41, 5.74) is 2.51. The number of hydrogen-bond acceptors (Lipinski definition) is 4. The van der Waals surface area contributed by atoms with Crippen LogP contribution in [-0.2, 0) is 16.0 Å². The van der Waals surface area contributed by atoms with E-state index < -0.39 is 0 Å². The Morgan fingerprint density at radius 1 is 1.50 bits per heavy atom. The predicted molar refractivity (Wildman–Crippen MR) is 70.4 cm³/mol. The van der Waals surface area contributed by atoms with Crippen LogP contribution in [0.2, 0.25) is 0 Å². The summed E-state index contributed by atoms with van der Waals surface area (Å²) >= 11 is 0. The van der Waals surface area contributed by atoms with Gasteiger partial charge in [-0.2, -0.15) is 0 Å². The number of ether oxygens (including phenoxy) is 2. The van der Waals surface area contributed by atoms with E-state index in [0.29, 0.717) is 6.04 Å². The van der Waals surface area contributed by atoms with Crippen molar-refractivity contribution in [3.63, 3.8) is 0 Å². The Balaban J connectivity index is 1.83. The molecule has 0 spiro atoms. The molecule has 3 atom stereocenters. The highest BCUT2D eigenvalue weighted by molar-refractivity contribution is 5.21. The van der Waals surface area contributed by atoms with E-state index >= 15 is 0 Å². The summed E-state index contributed by atoms with van der Waals surface area (Å²) in [7, 11) is 1.75. The largest absolute Gasteiger partial charge is 0.377 e. The molecule has 0 amide bonds. The van der Waals surface area contributed by atoms with E-state index in [-0.39, 0.29) is 12.2 Å². The molecule has 1 heterocycles. The third-order valence-corrected chi connectivity index (χ3v) is 3.59. The highest BCUT2D eigenvalue weighted by Gasteiger charge is 2.41. The van der Waals surface area contributed by atoms with E-state index in [1.54, 1.807) is 7.11 Å². The van der Waals surface area contributed by atoms with Crippen molar-refractivity contribution in [1.29, 1.82) is 0 Å². The molecule has 100 valence electrons. The monoisotopic (exact) mass is 250 g/mol. The summed E-state index contributed by atoms with van der Waals surface area (Å²) in [6.45, 7) is 5.72. The van der Waals surface area contributed by atoms with Crippen LogP contribution in [0.15, 0.2) is 18.5 Å². The molecular weight excluding hydrogens is 228 g/mol. The molecule has 0 aromatic carbocycles. The molecule has 1 aliphatic rings. The van der Waals surface area contributed by atoms with E-state index in [0.717, 1.165) is 19.6 Å². The lowest BCUT2D eigenvalue weighted by Gasteiger charge is -2.43. The average Bonchev–Trinajstić information content (AvgIpc) is 2.35. The molecule has 4 heteroatoms. The quantitative estimate of drug-likeness (QED) is 0.834. The number of nitrogens with one attached hydrogen (secondary N) is 1. The van der Waals surface area contributed by atoms with Crippen molar-refractivity contribution in [2.45, 2.75) is 45.1 Å². The highest BCUT2D eigenvalue weighted by atomic mass is 16.5. The molecule has 4 nitrogen and oxygen atoms in total. The fraction of sp³-hybridized carbons (Fsp3) is 0.643. The van der Waals surface area contributed by atoms with E-state index in [4.69, 9.17) is 9.47 Å². The first kappa shape index (κ1) is 13.5. The second-order valence-electron chi connectivity index (χ2n) is 4.72. The van der Waals surface area contributed by atoms with Gasteiger partial charge < -0.3 is 14.8 Å². The smallest absolute Gasteiger partial charge is 0.0986 e. The maximum Gasteiger partial charge on any atom is 0.0986 e. The van der Waals surface area contributed by atoms with Gasteiger partial charge in [-0.3, -0.25) is 4.98 Å². The summed E-state index contributed by atoms with van der Waals surface area (Å²) < 4.78 is 11.1. The predicted octanol–water partition coefficient (Wildman–Crippen LogP) is 1.67. The fourth-order valence-electron chi connectivity index (χ4n) is 2.42. The summed E-state index contributed by atoms with van der Waals surface area (Å²) in [4.78, 5) is 4.10. The molecule has 0 aliphatic heterocycles. The Kier molecular flexibility index (Phi) is 4.69. The molecule has 1 aliphatic carbocycles. The van der Waals surface area contributed by atoms with Gasteiger partial charge in [-0.1, -0.05) is 0 Å². The molecule has 3 unspecified atom stereocenters. The van der Waals surface area contributed by atoms with Gasteiger partial charge in [0.2, 0.25) is 0 Å². The SMILES string of the molecule is CCOC1CC(NCc2ccncc2C)C1OC. The van der Waals surface area contributed by atoms with Gasteiger partial charge in [0.1, 0.15) is 0 Å². The second-order valence-corrected chi connectivity index (χ2v) is 4.72. The minimum atomic E-state index is 0.173. The zero-order chi connectivity index (χ0) is 13.0. The van der Waals surface area contributed by atoms with Crippen molar-refractivity contribution in [1.82, 2.24) is 10.3 Å². The van der Waals surface area contributed by atoms with Crippen molar-refractivity contribution < 1.29 is 9.47 Å². The van der Waals surface area contributed by atoms with Crippen LogP contribution in [-0.4, -0.2) is 37.0 Å². The van der Waals surface area contributed by atoms with Crippen LogP contribution in [0.3, 0.4) is 0 Å². The molecule has 1 fully saturated rings. The third-order valence-electron chi connectivity index (χ3n) is 3.59. The second kappa shape index (κ2) is 6.27. The minimum absolute atomic E-state index is 0.173. The standard InChI is InChI=1S/C14H22N2O2/c1-4-18-13-7-12(14(13)17-3)16-9-11-5-6-15-8-10(11)2/h5-6,8,12-14,16H,4,7,9H2,1-3H3. The van der Waals surface area contributed by atoms with Crippen LogP contribution in [0, 0.1) is 6.92 Å². The van der Waals surface area contributed by atoms with Gasteiger partial charge in [0.15, 0.2) is 0 Å². The number of aromatic nitrogens is 1. The third kappa shape index (κ3) is 2.88. The first-order valence-electron chi connectivity index (χ1n) is 6.53. The van der Waals surface area contributed by atoms with Gasteiger partial charge in [-0.25, -0.2) is 0 Å². The number of nitrogens with zero attached hydrogens (tertiary/aromatic N) is 1. The Morgan fingerprint density at radius 3 is 3.00 bits per heavy atom. The maximum absolute atomic E-state index is 5.61. The number of methoxy groups -OCH3 is 1. The summed E-state index contributed by atoms with van der Waals surface area (Å²) in [6, 6.07) is 2.45. The van der Waals surface area contributed by atoms with E-state index in [1.807, 2.05) is 19.3 Å². The molecule has 18 heavy (non-hydrogen) atoms. The van der Waals surface area contributed by atoms with Gasteiger partial charge in [-0.15, -0.1) is 0 Å². The summed E-state index contributed by atoms with van der Waals surface area (Å²) in [5, 5.41) is 3.53. The Morgan fingerprint density at radius 2 is 2.33 bits per heavy atom. The molecule has 0 radical (unpaired) electrons. The lowest BCUT2D eigenvalue weighted by molar-refractivity contribution is -0.131. The van der Waals surface area contributed by atoms with Crippen LogP contribution in [0.4, 0.5) is 0 Å². The van der Waals surface area contributed by atoms with Gasteiger partial charge in [0, 0.05) is 38.7 Å². The molecule has 1 aromatic heterocycles. The molecule has 0 saturated heterocycles. The minimum Gasteiger partial charge on any atom is -0.377 e. The van der Waals surface area contributed by atoms with Gasteiger partial charge in [-0.05, 0) is 37.5 Å². The lowest BCUT2D eigenvalue weighted by Crippen LogP contribution is -2.59. The van der Waals surface area contributed by atoms with E-state index in [2.05, 4.69) is 23.3 Å². The zero-order valence-electron chi connectivity index (χ0n) is 11.3. The van der Waals surface area contributed by atoms with Crippen molar-refractivity contribution in [3.05, 3.63) is 29.6 Å². The maximum atomic E-state index is 5.61. The zero-order valence-corrected chi connectivity index (χ0v) is 11.3. The molecule has 1 N–H and O–H groups in total. The number of hydrogen-bond donors (Lipinski definition) is 1. The normalized spacial score (nSPS) is 26.9. The number of rotatable bonds is 6. The Hall–Kier alpha value is -0.970. The van der Waals surface area contributed by atoms with Crippen LogP contribution >= 0.6 is 0 Å². The lowest BCUT2D eigenvalue weighted by atomic mass is 9.85. The fourth-order valence-corrected chi connectivity index (χ4v) is 2.42. The molecule has 0 bridgehead atoms. The molecule has 1 saturated carbocycles. The van der Waals surface area contributed by atoms with Crippen LogP contribution < -0.4 is 5.32 Å². The Labute approximate surface area is 109 Å². The first-order valence-corrected chi connectivity index (χ1v) is 6.53. The Bertz CT molecular complexity index is 384.